The molecule has 2 aliphatic heterocycles. The largest absolute Gasteiger partial charge is 0.316 e. The molecule has 0 spiro atoms. The lowest BCUT2D eigenvalue weighted by molar-refractivity contribution is 0.0716. The number of nitrogens with zero attached hydrogens (tertiary/aromatic N) is 1. The molecular weight excluding hydrogens is 302 g/mol. The molecule has 1 saturated heterocycles. The number of hydrogen-bond acceptors (Lipinski definition) is 2. The number of aryl methyl sites for hydroxylation is 3. The minimum absolute atomic E-state index is 0.186. The van der Waals surface area contributed by atoms with Crippen LogP contribution in [-0.2, 0) is 4.87 Å². The Kier molecular flexibility index (Phi) is 3.31. The van der Waals surface area contributed by atoms with Gasteiger partial charge >= 0.3 is 0 Å². The molecule has 1 atom stereocenters. The molecule has 1 amide bonds. The number of amides is 1. The zero-order valence-corrected chi connectivity index (χ0v) is 14.7. The first-order valence-electron chi connectivity index (χ1n) is 8.18. The summed E-state index contributed by atoms with van der Waals surface area (Å²) < 4.78 is 0. The summed E-state index contributed by atoms with van der Waals surface area (Å²) in [6.07, 6.45) is 1.07. The van der Waals surface area contributed by atoms with Crippen molar-refractivity contribution in [2.45, 2.75) is 32.1 Å². The van der Waals surface area contributed by atoms with E-state index in [1.165, 1.54) is 27.8 Å². The fourth-order valence-electron chi connectivity index (χ4n) is 3.98. The maximum atomic E-state index is 13.0. The van der Waals surface area contributed by atoms with Gasteiger partial charge in [0.25, 0.3) is 5.91 Å². The normalized spacial score (nSPS) is 22.9. The Morgan fingerprint density at radius 3 is 2.48 bits per heavy atom. The second-order valence-corrected chi connectivity index (χ2v) is 8.02. The van der Waals surface area contributed by atoms with Gasteiger partial charge in [-0.05, 0) is 44.6 Å². The molecule has 2 aromatic carbocycles. The third-order valence-corrected chi connectivity index (χ3v) is 6.43. The average Bonchev–Trinajstić information content (AvgIpc) is 2.77. The first-order valence-corrected chi connectivity index (χ1v) is 9.17. The van der Waals surface area contributed by atoms with Crippen molar-refractivity contribution >= 4 is 17.7 Å². The van der Waals surface area contributed by atoms with Crippen molar-refractivity contribution in [3.63, 3.8) is 0 Å². The molecule has 0 radical (unpaired) electrons. The van der Waals surface area contributed by atoms with E-state index in [4.69, 9.17) is 0 Å². The lowest BCUT2D eigenvalue weighted by Gasteiger charge is -2.43. The number of benzene rings is 2. The number of fused-ring (bicyclic) bond motifs is 3. The third kappa shape index (κ3) is 2.06. The molecule has 1 fully saturated rings. The summed E-state index contributed by atoms with van der Waals surface area (Å²) in [5, 5.41) is 0. The van der Waals surface area contributed by atoms with Gasteiger partial charge in [0.1, 0.15) is 4.87 Å². The van der Waals surface area contributed by atoms with Gasteiger partial charge in [-0.3, -0.25) is 4.79 Å². The van der Waals surface area contributed by atoms with Crippen LogP contribution in [0.3, 0.4) is 0 Å². The number of carbonyl (C=O) groups excluding carboxylic acids is 1. The molecule has 3 heteroatoms. The molecule has 2 aromatic rings. The SMILES string of the molecule is Cc1cc(C)cc(C23SCCCN2C(=O)c2ccc(C)cc23)c1. The van der Waals surface area contributed by atoms with E-state index in [9.17, 15) is 4.79 Å². The van der Waals surface area contributed by atoms with Gasteiger partial charge < -0.3 is 4.90 Å². The van der Waals surface area contributed by atoms with E-state index in [-0.39, 0.29) is 10.8 Å². The maximum Gasteiger partial charge on any atom is 0.255 e. The molecule has 0 aromatic heterocycles. The molecule has 0 N–H and O–H groups in total. The molecule has 4 rings (SSSR count). The highest BCUT2D eigenvalue weighted by Gasteiger charge is 2.52. The van der Waals surface area contributed by atoms with Crippen molar-refractivity contribution in [1.29, 1.82) is 0 Å². The number of hydrogen-bond donors (Lipinski definition) is 0. The Morgan fingerprint density at radius 2 is 1.74 bits per heavy atom. The topological polar surface area (TPSA) is 20.3 Å². The highest BCUT2D eigenvalue weighted by molar-refractivity contribution is 8.00. The van der Waals surface area contributed by atoms with Crippen molar-refractivity contribution in [3.8, 4) is 0 Å². The first kappa shape index (κ1) is 14.8. The van der Waals surface area contributed by atoms with Crippen LogP contribution in [0.15, 0.2) is 36.4 Å². The second kappa shape index (κ2) is 5.13. The maximum absolute atomic E-state index is 13.0. The van der Waals surface area contributed by atoms with Crippen LogP contribution in [0, 0.1) is 20.8 Å². The van der Waals surface area contributed by atoms with Crippen LogP contribution < -0.4 is 0 Å². The van der Waals surface area contributed by atoms with Gasteiger partial charge in [-0.2, -0.15) is 0 Å². The molecule has 118 valence electrons. The number of thioether (sulfide) groups is 1. The molecule has 2 nitrogen and oxygen atoms in total. The van der Waals surface area contributed by atoms with Gasteiger partial charge in [-0.25, -0.2) is 0 Å². The third-order valence-electron chi connectivity index (χ3n) is 4.85. The van der Waals surface area contributed by atoms with Crippen molar-refractivity contribution in [2.75, 3.05) is 12.3 Å². The molecule has 0 saturated carbocycles. The predicted molar refractivity (Wildman–Crippen MR) is 96.0 cm³/mol. The van der Waals surface area contributed by atoms with Gasteiger partial charge in [-0.15, -0.1) is 11.8 Å². The molecule has 2 aliphatic rings. The smallest absolute Gasteiger partial charge is 0.255 e. The molecule has 2 heterocycles. The zero-order chi connectivity index (χ0) is 16.2. The van der Waals surface area contributed by atoms with Crippen molar-refractivity contribution < 1.29 is 4.79 Å². The summed E-state index contributed by atoms with van der Waals surface area (Å²) in [5.74, 6) is 1.27. The van der Waals surface area contributed by atoms with E-state index in [0.717, 1.165) is 24.3 Å². The first-order chi connectivity index (χ1) is 11.0. The Bertz CT molecular complexity index is 793. The fourth-order valence-corrected chi connectivity index (χ4v) is 5.49. The van der Waals surface area contributed by atoms with Gasteiger partial charge in [0.2, 0.25) is 0 Å². The average molecular weight is 323 g/mol. The van der Waals surface area contributed by atoms with Crippen LogP contribution in [-0.4, -0.2) is 23.1 Å². The Labute approximate surface area is 141 Å². The van der Waals surface area contributed by atoms with Crippen LogP contribution in [0.25, 0.3) is 0 Å². The monoisotopic (exact) mass is 323 g/mol. The molecular formula is C20H21NOS. The lowest BCUT2D eigenvalue weighted by Crippen LogP contribution is -2.46. The van der Waals surface area contributed by atoms with E-state index in [0.29, 0.717) is 0 Å². The van der Waals surface area contributed by atoms with Gasteiger partial charge in [0.05, 0.1) is 0 Å². The van der Waals surface area contributed by atoms with E-state index in [1.54, 1.807) is 0 Å². The lowest BCUT2D eigenvalue weighted by atomic mass is 9.93. The van der Waals surface area contributed by atoms with Crippen LogP contribution >= 0.6 is 11.8 Å². The summed E-state index contributed by atoms with van der Waals surface area (Å²) in [4.78, 5) is 14.8. The predicted octanol–water partition coefficient (Wildman–Crippen LogP) is 4.41. The van der Waals surface area contributed by atoms with Crippen molar-refractivity contribution in [3.05, 3.63) is 69.8 Å². The van der Waals surface area contributed by atoms with E-state index < -0.39 is 0 Å². The van der Waals surface area contributed by atoms with Gasteiger partial charge in [0.15, 0.2) is 0 Å². The number of carbonyl (C=O) groups is 1. The number of rotatable bonds is 1. The quantitative estimate of drug-likeness (QED) is 0.775. The summed E-state index contributed by atoms with van der Waals surface area (Å²) in [6.45, 7) is 7.22. The van der Waals surface area contributed by atoms with Crippen molar-refractivity contribution in [2.24, 2.45) is 0 Å². The van der Waals surface area contributed by atoms with E-state index in [1.807, 2.05) is 17.8 Å². The van der Waals surface area contributed by atoms with Crippen LogP contribution in [0.1, 0.15) is 44.6 Å². The summed E-state index contributed by atoms with van der Waals surface area (Å²) in [7, 11) is 0. The van der Waals surface area contributed by atoms with Crippen LogP contribution in [0.4, 0.5) is 0 Å². The Hall–Kier alpha value is -1.74. The highest BCUT2D eigenvalue weighted by atomic mass is 32.2. The van der Waals surface area contributed by atoms with E-state index in [2.05, 4.69) is 56.0 Å². The van der Waals surface area contributed by atoms with E-state index >= 15 is 0 Å². The summed E-state index contributed by atoms with van der Waals surface area (Å²) >= 11 is 1.91. The Morgan fingerprint density at radius 1 is 1.00 bits per heavy atom. The molecule has 1 unspecified atom stereocenters. The fraction of sp³-hybridized carbons (Fsp3) is 0.350. The minimum Gasteiger partial charge on any atom is -0.316 e. The minimum atomic E-state index is -0.340. The van der Waals surface area contributed by atoms with Gasteiger partial charge in [0, 0.05) is 17.7 Å². The highest BCUT2D eigenvalue weighted by Crippen LogP contribution is 2.54. The molecule has 0 bridgehead atoms. The van der Waals surface area contributed by atoms with Crippen LogP contribution in [0.5, 0.6) is 0 Å². The van der Waals surface area contributed by atoms with Crippen molar-refractivity contribution in [1.82, 2.24) is 4.90 Å². The summed E-state index contributed by atoms with van der Waals surface area (Å²) in [5.41, 5.74) is 7.04. The van der Waals surface area contributed by atoms with Gasteiger partial charge in [-0.1, -0.05) is 47.0 Å². The van der Waals surface area contributed by atoms with Crippen LogP contribution in [0.2, 0.25) is 0 Å². The second-order valence-electron chi connectivity index (χ2n) is 6.73. The molecule has 23 heavy (non-hydrogen) atoms. The Balaban J connectivity index is 2.03. The zero-order valence-electron chi connectivity index (χ0n) is 13.8. The molecule has 0 aliphatic carbocycles. The summed E-state index contributed by atoms with van der Waals surface area (Å²) in [6, 6.07) is 13.0. The standard InChI is InChI=1S/C20H21NOS/c1-13-5-6-17-18(12-13)20(16-10-14(2)9-15(3)11-16)21(19(17)22)7-4-8-23-20/h5-6,9-12H,4,7-8H2,1-3H3.